The van der Waals surface area contributed by atoms with E-state index in [4.69, 9.17) is 4.74 Å². The van der Waals surface area contributed by atoms with E-state index >= 15 is 0 Å². The van der Waals surface area contributed by atoms with Crippen molar-refractivity contribution in [1.29, 1.82) is 0 Å². The molecule has 3 rings (SSSR count). The van der Waals surface area contributed by atoms with Gasteiger partial charge in [-0.25, -0.2) is 4.99 Å². The lowest BCUT2D eigenvalue weighted by Gasteiger charge is -2.31. The number of amidine groups is 1. The van der Waals surface area contributed by atoms with Crippen LogP contribution in [0.2, 0.25) is 0 Å². The van der Waals surface area contributed by atoms with Crippen LogP contribution in [-0.2, 0) is 9.59 Å². The van der Waals surface area contributed by atoms with E-state index in [2.05, 4.69) is 10.3 Å². The van der Waals surface area contributed by atoms with Gasteiger partial charge in [-0.1, -0.05) is 17.8 Å². The van der Waals surface area contributed by atoms with Gasteiger partial charge in [-0.15, -0.1) is 0 Å². The number of rotatable bonds is 6. The Bertz CT molecular complexity index is 957. The molecule has 0 unspecified atom stereocenters. The number of hydrogen-bond donors (Lipinski definition) is 1. The number of nitrogens with zero attached hydrogens (tertiary/aromatic N) is 2. The first-order valence-corrected chi connectivity index (χ1v) is 11.0. The predicted octanol–water partition coefficient (Wildman–Crippen LogP) is 4.68. The lowest BCUT2D eigenvalue weighted by atomic mass is 10.1. The summed E-state index contributed by atoms with van der Waals surface area (Å²) in [5.41, 5.74) is 3.77. The maximum Gasteiger partial charge on any atom is 0.238 e. The number of carbonyl (C=O) groups excluding carboxylic acids is 2. The second kappa shape index (κ2) is 9.80. The zero-order chi connectivity index (χ0) is 21.7. The van der Waals surface area contributed by atoms with Gasteiger partial charge in [0, 0.05) is 18.7 Å². The Morgan fingerprint density at radius 1 is 1.17 bits per heavy atom. The predicted molar refractivity (Wildman–Crippen MR) is 123 cm³/mol. The summed E-state index contributed by atoms with van der Waals surface area (Å²) in [6.45, 7) is 9.01. The number of aliphatic imine (C=N–C) groups is 1. The molecular formula is C23H27N3O3S. The van der Waals surface area contributed by atoms with Crippen molar-refractivity contribution < 1.29 is 14.3 Å². The second-order valence-corrected chi connectivity index (χ2v) is 8.23. The zero-order valence-corrected chi connectivity index (χ0v) is 18.6. The number of nitrogens with one attached hydrogen (secondary N) is 1. The molecular weight excluding hydrogens is 398 g/mol. The van der Waals surface area contributed by atoms with Crippen LogP contribution in [0, 0.1) is 13.8 Å². The molecule has 0 bridgehead atoms. The van der Waals surface area contributed by atoms with Gasteiger partial charge < -0.3 is 10.1 Å². The number of aryl methyl sites for hydroxylation is 2. The van der Waals surface area contributed by atoms with Crippen LogP contribution < -0.4 is 10.1 Å². The van der Waals surface area contributed by atoms with Crippen LogP contribution >= 0.6 is 11.8 Å². The van der Waals surface area contributed by atoms with E-state index in [1.807, 2.05) is 58.0 Å². The minimum atomic E-state index is -0.530. The van der Waals surface area contributed by atoms with Crippen LogP contribution in [0.5, 0.6) is 5.75 Å². The Labute approximate surface area is 181 Å². The monoisotopic (exact) mass is 425 g/mol. The highest BCUT2D eigenvalue weighted by molar-refractivity contribution is 8.15. The van der Waals surface area contributed by atoms with Gasteiger partial charge in [-0.3, -0.25) is 14.5 Å². The standard InChI is InChI=1S/C23H27N3O3S/c1-5-26-21(27)14-20(22(28)24-17-9-11-19(12-10-17)29-6-2)30-23(26)25-18-8-7-15(3)16(4)13-18/h7-13,20H,5-6,14H2,1-4H3,(H,24,28)/t20-/m1/s1. The number of benzene rings is 2. The molecule has 1 fully saturated rings. The van der Waals surface area contributed by atoms with Gasteiger partial charge >= 0.3 is 0 Å². The van der Waals surface area contributed by atoms with E-state index in [1.54, 1.807) is 17.0 Å². The summed E-state index contributed by atoms with van der Waals surface area (Å²) in [4.78, 5) is 31.8. The van der Waals surface area contributed by atoms with Crippen molar-refractivity contribution in [3.63, 3.8) is 0 Å². The molecule has 0 saturated carbocycles. The van der Waals surface area contributed by atoms with Gasteiger partial charge in [-0.2, -0.15) is 0 Å². The summed E-state index contributed by atoms with van der Waals surface area (Å²) in [5.74, 6) is 0.450. The fraction of sp³-hybridized carbons (Fsp3) is 0.348. The molecule has 7 heteroatoms. The Morgan fingerprint density at radius 3 is 2.53 bits per heavy atom. The Morgan fingerprint density at radius 2 is 1.90 bits per heavy atom. The summed E-state index contributed by atoms with van der Waals surface area (Å²) < 4.78 is 5.42. The van der Waals surface area contributed by atoms with E-state index in [0.717, 1.165) is 17.0 Å². The minimum Gasteiger partial charge on any atom is -0.494 e. The number of amides is 2. The topological polar surface area (TPSA) is 71.0 Å². The summed E-state index contributed by atoms with van der Waals surface area (Å²) in [6, 6.07) is 13.1. The first-order chi connectivity index (χ1) is 14.4. The highest BCUT2D eigenvalue weighted by Crippen LogP contribution is 2.30. The smallest absolute Gasteiger partial charge is 0.238 e. The highest BCUT2D eigenvalue weighted by atomic mass is 32.2. The van der Waals surface area contributed by atoms with Crippen molar-refractivity contribution >= 4 is 40.1 Å². The molecule has 30 heavy (non-hydrogen) atoms. The molecule has 0 aromatic heterocycles. The molecule has 1 aliphatic rings. The third-order valence-electron chi connectivity index (χ3n) is 4.90. The lowest BCUT2D eigenvalue weighted by molar-refractivity contribution is -0.129. The quantitative estimate of drug-likeness (QED) is 0.729. The first kappa shape index (κ1) is 21.9. The van der Waals surface area contributed by atoms with E-state index in [0.29, 0.717) is 24.0 Å². The van der Waals surface area contributed by atoms with Crippen LogP contribution in [0.3, 0.4) is 0 Å². The summed E-state index contributed by atoms with van der Waals surface area (Å²) >= 11 is 1.33. The number of hydrogen-bond acceptors (Lipinski definition) is 5. The molecule has 2 amide bonds. The van der Waals surface area contributed by atoms with Gasteiger partial charge in [0.1, 0.15) is 11.0 Å². The number of carbonyl (C=O) groups is 2. The average Bonchev–Trinajstić information content (AvgIpc) is 2.72. The van der Waals surface area contributed by atoms with Crippen LogP contribution in [0.15, 0.2) is 47.5 Å². The van der Waals surface area contributed by atoms with Gasteiger partial charge in [0.2, 0.25) is 11.8 Å². The lowest BCUT2D eigenvalue weighted by Crippen LogP contribution is -2.45. The molecule has 0 aliphatic carbocycles. The van der Waals surface area contributed by atoms with Crippen LogP contribution in [0.25, 0.3) is 0 Å². The maximum absolute atomic E-state index is 12.8. The normalized spacial score (nSPS) is 17.9. The van der Waals surface area contributed by atoms with Gasteiger partial charge in [0.05, 0.1) is 12.3 Å². The molecule has 0 spiro atoms. The Balaban J connectivity index is 1.77. The molecule has 2 aromatic carbocycles. The molecule has 6 nitrogen and oxygen atoms in total. The van der Waals surface area contributed by atoms with Crippen molar-refractivity contribution in [3.05, 3.63) is 53.6 Å². The van der Waals surface area contributed by atoms with Crippen molar-refractivity contribution in [1.82, 2.24) is 4.90 Å². The molecule has 1 heterocycles. The van der Waals surface area contributed by atoms with Crippen LogP contribution in [-0.4, -0.2) is 40.3 Å². The van der Waals surface area contributed by atoms with Crippen molar-refractivity contribution in [2.24, 2.45) is 4.99 Å². The van der Waals surface area contributed by atoms with Crippen molar-refractivity contribution in [2.45, 2.75) is 39.4 Å². The molecule has 1 saturated heterocycles. The molecule has 1 atom stereocenters. The molecule has 2 aromatic rings. The third kappa shape index (κ3) is 5.21. The van der Waals surface area contributed by atoms with Gasteiger partial charge in [0.25, 0.3) is 0 Å². The third-order valence-corrected chi connectivity index (χ3v) is 6.08. The molecule has 1 aliphatic heterocycles. The second-order valence-electron chi connectivity index (χ2n) is 7.06. The van der Waals surface area contributed by atoms with E-state index in [9.17, 15) is 9.59 Å². The van der Waals surface area contributed by atoms with Crippen molar-refractivity contribution in [2.75, 3.05) is 18.5 Å². The van der Waals surface area contributed by atoms with Gasteiger partial charge in [-0.05, 0) is 75.2 Å². The number of thioether (sulfide) groups is 1. The summed E-state index contributed by atoms with van der Waals surface area (Å²) in [6.07, 6.45) is 0.146. The highest BCUT2D eigenvalue weighted by Gasteiger charge is 2.35. The summed E-state index contributed by atoms with van der Waals surface area (Å²) in [7, 11) is 0. The van der Waals surface area contributed by atoms with Crippen LogP contribution in [0.4, 0.5) is 11.4 Å². The SMILES string of the molecule is CCOc1ccc(NC(=O)[C@H]2CC(=O)N(CC)C(=Nc3ccc(C)c(C)c3)S2)cc1. The zero-order valence-electron chi connectivity index (χ0n) is 17.8. The fourth-order valence-electron chi connectivity index (χ4n) is 3.08. The largest absolute Gasteiger partial charge is 0.494 e. The van der Waals surface area contributed by atoms with Crippen molar-refractivity contribution in [3.8, 4) is 5.75 Å². The maximum atomic E-state index is 12.8. The number of anilines is 1. The molecule has 0 radical (unpaired) electrons. The Kier molecular flexibility index (Phi) is 7.15. The first-order valence-electron chi connectivity index (χ1n) is 10.1. The van der Waals surface area contributed by atoms with E-state index < -0.39 is 5.25 Å². The van der Waals surface area contributed by atoms with E-state index in [-0.39, 0.29) is 18.2 Å². The average molecular weight is 426 g/mol. The Hall–Kier alpha value is -2.80. The fourth-order valence-corrected chi connectivity index (χ4v) is 4.24. The van der Waals surface area contributed by atoms with Crippen LogP contribution in [0.1, 0.15) is 31.4 Å². The van der Waals surface area contributed by atoms with Gasteiger partial charge in [0.15, 0.2) is 5.17 Å². The summed E-state index contributed by atoms with van der Waals surface area (Å²) in [5, 5.41) is 2.92. The van der Waals surface area contributed by atoms with E-state index in [1.165, 1.54) is 17.3 Å². The minimum absolute atomic E-state index is 0.0920. The number of ether oxygens (including phenoxy) is 1. The molecule has 158 valence electrons. The molecule has 1 N–H and O–H groups in total.